The lowest BCUT2D eigenvalue weighted by Gasteiger charge is -2.17. The molecule has 2 aromatic carbocycles. The number of allylic oxidation sites excluding steroid dienone is 1. The zero-order valence-corrected chi connectivity index (χ0v) is 17.4. The summed E-state index contributed by atoms with van der Waals surface area (Å²) >= 11 is 5.88. The van der Waals surface area contributed by atoms with Crippen LogP contribution in [0.3, 0.4) is 0 Å². The van der Waals surface area contributed by atoms with Gasteiger partial charge in [-0.3, -0.25) is 4.79 Å². The lowest BCUT2D eigenvalue weighted by molar-refractivity contribution is -0.111. The maximum atomic E-state index is 13.5. The van der Waals surface area contributed by atoms with Crippen molar-refractivity contribution < 1.29 is 18.7 Å². The molecule has 0 saturated carbocycles. The number of carbonyl (C=O) groups excluding carboxylic acids is 1. The largest absolute Gasteiger partial charge is 0.486 e. The first-order valence-corrected chi connectivity index (χ1v) is 10.1. The third-order valence-corrected chi connectivity index (χ3v) is 4.97. The summed E-state index contributed by atoms with van der Waals surface area (Å²) < 4.78 is 24.9. The molecule has 7 nitrogen and oxygen atoms in total. The fourth-order valence-corrected chi connectivity index (χ4v) is 3.38. The van der Waals surface area contributed by atoms with Gasteiger partial charge in [0, 0.05) is 23.6 Å². The van der Waals surface area contributed by atoms with Gasteiger partial charge in [0.1, 0.15) is 29.8 Å². The molecule has 1 saturated heterocycles. The molecular formula is C22H20ClFN4O3. The zero-order valence-electron chi connectivity index (χ0n) is 16.7. The summed E-state index contributed by atoms with van der Waals surface area (Å²) in [6.07, 6.45) is 5.15. The lowest BCUT2D eigenvalue weighted by atomic mass is 10.1. The number of carbonyl (C=O) groups is 1. The summed E-state index contributed by atoms with van der Waals surface area (Å²) in [4.78, 5) is 20.8. The standard InChI is InChI=1S/C22H20ClFN4O3/c1-2-3-21(29)28-19-9-15-18(10-20(19)31-14-6-7-30-11-14)25-12-26-22(15)27-13-4-5-17(24)16(23)8-13/h2-5,8-10,12,14H,6-7,11H2,1H3,(H,28,29)(H,25,26,27)/t14-/m0/s1. The van der Waals surface area contributed by atoms with E-state index in [1.807, 2.05) is 0 Å². The van der Waals surface area contributed by atoms with Crippen molar-refractivity contribution in [2.45, 2.75) is 19.4 Å². The van der Waals surface area contributed by atoms with Crippen molar-refractivity contribution in [2.75, 3.05) is 23.8 Å². The van der Waals surface area contributed by atoms with Gasteiger partial charge in [0.2, 0.25) is 5.91 Å². The highest BCUT2D eigenvalue weighted by Gasteiger charge is 2.20. The van der Waals surface area contributed by atoms with Crippen LogP contribution in [0.25, 0.3) is 10.9 Å². The number of ether oxygens (including phenoxy) is 2. The predicted octanol–water partition coefficient (Wildman–Crippen LogP) is 4.85. The van der Waals surface area contributed by atoms with Crippen LogP contribution in [0.5, 0.6) is 5.75 Å². The van der Waals surface area contributed by atoms with E-state index < -0.39 is 5.82 Å². The van der Waals surface area contributed by atoms with Crippen LogP contribution in [0, 0.1) is 5.82 Å². The van der Waals surface area contributed by atoms with Crippen LogP contribution >= 0.6 is 11.6 Å². The molecule has 0 bridgehead atoms. The van der Waals surface area contributed by atoms with Gasteiger partial charge < -0.3 is 20.1 Å². The molecule has 1 atom stereocenters. The summed E-state index contributed by atoms with van der Waals surface area (Å²) in [7, 11) is 0. The number of aromatic nitrogens is 2. The molecule has 0 unspecified atom stereocenters. The Morgan fingerprint density at radius 3 is 2.94 bits per heavy atom. The molecule has 2 N–H and O–H groups in total. The van der Waals surface area contributed by atoms with Crippen molar-refractivity contribution in [3.8, 4) is 5.75 Å². The first kappa shape index (κ1) is 21.0. The number of halogens is 2. The van der Waals surface area contributed by atoms with Crippen molar-refractivity contribution in [3.05, 3.63) is 59.7 Å². The fraction of sp³-hybridized carbons (Fsp3) is 0.227. The van der Waals surface area contributed by atoms with E-state index in [1.54, 1.807) is 31.2 Å². The van der Waals surface area contributed by atoms with Crippen molar-refractivity contribution >= 4 is 45.6 Å². The van der Waals surface area contributed by atoms with E-state index in [9.17, 15) is 9.18 Å². The van der Waals surface area contributed by atoms with Crippen LogP contribution in [0.2, 0.25) is 5.02 Å². The molecule has 0 spiro atoms. The van der Waals surface area contributed by atoms with Crippen molar-refractivity contribution in [1.29, 1.82) is 0 Å². The van der Waals surface area contributed by atoms with Crippen LogP contribution in [-0.2, 0) is 9.53 Å². The third-order valence-electron chi connectivity index (χ3n) is 4.68. The molecule has 0 radical (unpaired) electrons. The highest BCUT2D eigenvalue weighted by molar-refractivity contribution is 6.31. The van der Waals surface area contributed by atoms with Gasteiger partial charge in [0.05, 0.1) is 29.4 Å². The zero-order chi connectivity index (χ0) is 21.8. The van der Waals surface area contributed by atoms with Gasteiger partial charge in [-0.05, 0) is 37.3 Å². The van der Waals surface area contributed by atoms with Gasteiger partial charge in [-0.15, -0.1) is 0 Å². The van der Waals surface area contributed by atoms with Crippen LogP contribution in [-0.4, -0.2) is 35.2 Å². The van der Waals surface area contributed by atoms with E-state index in [4.69, 9.17) is 21.1 Å². The molecule has 0 aliphatic carbocycles. The summed E-state index contributed by atoms with van der Waals surface area (Å²) in [6.45, 7) is 2.88. The molecule has 2 heterocycles. The minimum Gasteiger partial charge on any atom is -0.486 e. The average Bonchev–Trinajstić information content (AvgIpc) is 3.25. The molecule has 1 aromatic heterocycles. The number of hydrogen-bond donors (Lipinski definition) is 2. The van der Waals surface area contributed by atoms with E-state index in [2.05, 4.69) is 20.6 Å². The predicted molar refractivity (Wildman–Crippen MR) is 118 cm³/mol. The van der Waals surface area contributed by atoms with Crippen molar-refractivity contribution in [1.82, 2.24) is 9.97 Å². The van der Waals surface area contributed by atoms with Crippen LogP contribution < -0.4 is 15.4 Å². The summed E-state index contributed by atoms with van der Waals surface area (Å²) in [5.41, 5.74) is 1.66. The minimum atomic E-state index is -0.508. The number of fused-ring (bicyclic) bond motifs is 1. The maximum Gasteiger partial charge on any atom is 0.248 e. The third kappa shape index (κ3) is 4.92. The Balaban J connectivity index is 1.74. The van der Waals surface area contributed by atoms with Crippen molar-refractivity contribution in [3.63, 3.8) is 0 Å². The summed E-state index contributed by atoms with van der Waals surface area (Å²) in [5.74, 6) is 0.178. The summed E-state index contributed by atoms with van der Waals surface area (Å²) in [6, 6.07) is 7.80. The van der Waals surface area contributed by atoms with Gasteiger partial charge >= 0.3 is 0 Å². The maximum absolute atomic E-state index is 13.5. The molecule has 1 aliphatic heterocycles. The smallest absolute Gasteiger partial charge is 0.248 e. The molecule has 160 valence electrons. The Labute approximate surface area is 183 Å². The van der Waals surface area contributed by atoms with Crippen molar-refractivity contribution in [2.24, 2.45) is 0 Å². The highest BCUT2D eigenvalue weighted by Crippen LogP contribution is 2.35. The molecule has 3 aromatic rings. The Morgan fingerprint density at radius 1 is 1.32 bits per heavy atom. The number of hydrogen-bond acceptors (Lipinski definition) is 6. The first-order valence-electron chi connectivity index (χ1n) is 9.72. The lowest BCUT2D eigenvalue weighted by Crippen LogP contribution is -2.18. The normalized spacial score (nSPS) is 16.0. The van der Waals surface area contributed by atoms with Gasteiger partial charge in [-0.2, -0.15) is 0 Å². The fourth-order valence-electron chi connectivity index (χ4n) is 3.20. The van der Waals surface area contributed by atoms with E-state index >= 15 is 0 Å². The van der Waals surface area contributed by atoms with E-state index in [1.165, 1.54) is 24.5 Å². The first-order chi connectivity index (χ1) is 15.0. The Morgan fingerprint density at radius 2 is 2.19 bits per heavy atom. The molecule has 1 aliphatic rings. The molecule has 31 heavy (non-hydrogen) atoms. The highest BCUT2D eigenvalue weighted by atomic mass is 35.5. The van der Waals surface area contributed by atoms with E-state index in [-0.39, 0.29) is 17.0 Å². The molecule has 1 amide bonds. The second-order valence-corrected chi connectivity index (χ2v) is 7.34. The Hall–Kier alpha value is -3.23. The molecule has 1 fully saturated rings. The Kier molecular flexibility index (Phi) is 6.29. The molecule has 9 heteroatoms. The van der Waals surface area contributed by atoms with Crippen LogP contribution in [0.4, 0.5) is 21.6 Å². The van der Waals surface area contributed by atoms with Gasteiger partial charge in [0.15, 0.2) is 0 Å². The number of nitrogens with one attached hydrogen (secondary N) is 2. The second kappa shape index (κ2) is 9.28. The van der Waals surface area contributed by atoms with Crippen LogP contribution in [0.1, 0.15) is 13.3 Å². The number of anilines is 3. The quantitative estimate of drug-likeness (QED) is 0.531. The molecule has 4 rings (SSSR count). The van der Waals surface area contributed by atoms with Gasteiger partial charge in [-0.25, -0.2) is 14.4 Å². The molecular weight excluding hydrogens is 423 g/mol. The van der Waals surface area contributed by atoms with Gasteiger partial charge in [0.25, 0.3) is 0 Å². The number of benzene rings is 2. The average molecular weight is 443 g/mol. The monoisotopic (exact) mass is 442 g/mol. The minimum absolute atomic E-state index is 0.00265. The topological polar surface area (TPSA) is 85.4 Å². The van der Waals surface area contributed by atoms with Gasteiger partial charge in [-0.1, -0.05) is 17.7 Å². The number of nitrogens with zero attached hydrogens (tertiary/aromatic N) is 2. The Bertz CT molecular complexity index is 1150. The summed E-state index contributed by atoms with van der Waals surface area (Å²) in [5, 5.41) is 6.61. The number of amides is 1. The van der Waals surface area contributed by atoms with E-state index in [0.717, 1.165) is 6.42 Å². The number of rotatable bonds is 6. The second-order valence-electron chi connectivity index (χ2n) is 6.93. The SMILES string of the molecule is CC=CC(=O)Nc1cc2c(Nc3ccc(F)c(Cl)c3)ncnc2cc1O[C@H]1CCOC1. The van der Waals surface area contributed by atoms with E-state index in [0.29, 0.717) is 47.1 Å². The van der Waals surface area contributed by atoms with Crippen LogP contribution in [0.15, 0.2) is 48.8 Å².